The first-order valence-electron chi connectivity index (χ1n) is 5.60. The zero-order chi connectivity index (χ0) is 12.3. The molecule has 3 nitrogen and oxygen atoms in total. The standard InChI is InChI=1S/C13H13FN2O/c14-11-4-2-10(3-5-11)13(7-1-8-13)16-12(17)6-9-15/h2-5H,1,6-8H2,(H,16,17). The van der Waals surface area contributed by atoms with E-state index in [4.69, 9.17) is 5.26 Å². The normalized spacial score (nSPS) is 16.7. The molecule has 0 bridgehead atoms. The van der Waals surface area contributed by atoms with E-state index in [0.29, 0.717) is 0 Å². The summed E-state index contributed by atoms with van der Waals surface area (Å²) in [5.41, 5.74) is 0.526. The molecule has 2 rings (SSSR count). The highest BCUT2D eigenvalue weighted by Crippen LogP contribution is 2.41. The Balaban J connectivity index is 2.17. The summed E-state index contributed by atoms with van der Waals surface area (Å²) in [4.78, 5) is 11.5. The minimum atomic E-state index is -0.387. The molecular formula is C13H13FN2O. The van der Waals surface area contributed by atoms with Gasteiger partial charge in [-0.25, -0.2) is 4.39 Å². The summed E-state index contributed by atoms with van der Waals surface area (Å²) >= 11 is 0. The molecule has 88 valence electrons. The summed E-state index contributed by atoms with van der Waals surface area (Å²) in [6.45, 7) is 0. The first-order chi connectivity index (χ1) is 8.16. The van der Waals surface area contributed by atoms with Crippen molar-refractivity contribution in [1.29, 1.82) is 5.26 Å². The average Bonchev–Trinajstić information content (AvgIpc) is 2.25. The number of nitrogens with one attached hydrogen (secondary N) is 1. The minimum Gasteiger partial charge on any atom is -0.346 e. The van der Waals surface area contributed by atoms with Crippen LogP contribution in [-0.2, 0) is 10.3 Å². The maximum absolute atomic E-state index is 12.8. The maximum atomic E-state index is 12.8. The van der Waals surface area contributed by atoms with E-state index in [2.05, 4.69) is 5.32 Å². The van der Waals surface area contributed by atoms with Crippen LogP contribution in [-0.4, -0.2) is 5.91 Å². The second-order valence-electron chi connectivity index (χ2n) is 4.33. The fourth-order valence-corrected chi connectivity index (χ4v) is 2.17. The highest BCUT2D eigenvalue weighted by atomic mass is 19.1. The lowest BCUT2D eigenvalue weighted by molar-refractivity contribution is -0.123. The number of halogens is 1. The van der Waals surface area contributed by atoms with E-state index < -0.39 is 0 Å². The number of benzene rings is 1. The lowest BCUT2D eigenvalue weighted by atomic mass is 9.71. The van der Waals surface area contributed by atoms with Gasteiger partial charge in [0, 0.05) is 0 Å². The van der Waals surface area contributed by atoms with E-state index in [9.17, 15) is 9.18 Å². The van der Waals surface area contributed by atoms with Crippen LogP contribution < -0.4 is 5.32 Å². The third-order valence-corrected chi connectivity index (χ3v) is 3.22. The molecule has 1 aliphatic carbocycles. The molecule has 1 N–H and O–H groups in total. The summed E-state index contributed by atoms with van der Waals surface area (Å²) < 4.78 is 12.8. The van der Waals surface area contributed by atoms with Crippen LogP contribution >= 0.6 is 0 Å². The van der Waals surface area contributed by atoms with Crippen molar-refractivity contribution in [3.63, 3.8) is 0 Å². The third kappa shape index (κ3) is 2.28. The van der Waals surface area contributed by atoms with E-state index in [1.54, 1.807) is 12.1 Å². The second-order valence-corrected chi connectivity index (χ2v) is 4.33. The molecule has 0 aliphatic heterocycles. The molecule has 0 aromatic heterocycles. The molecule has 1 fully saturated rings. The molecule has 17 heavy (non-hydrogen) atoms. The van der Waals surface area contributed by atoms with Gasteiger partial charge in [-0.3, -0.25) is 4.79 Å². The lowest BCUT2D eigenvalue weighted by Gasteiger charge is -2.43. The minimum absolute atomic E-state index is 0.136. The molecule has 0 heterocycles. The van der Waals surface area contributed by atoms with E-state index in [1.807, 2.05) is 6.07 Å². The number of hydrogen-bond donors (Lipinski definition) is 1. The van der Waals surface area contributed by atoms with Gasteiger partial charge in [0.15, 0.2) is 0 Å². The van der Waals surface area contributed by atoms with Gasteiger partial charge in [0.1, 0.15) is 12.2 Å². The van der Waals surface area contributed by atoms with Crippen LogP contribution in [0.1, 0.15) is 31.2 Å². The zero-order valence-electron chi connectivity index (χ0n) is 9.37. The Hall–Kier alpha value is -1.89. The van der Waals surface area contributed by atoms with Crippen LogP contribution in [0.5, 0.6) is 0 Å². The van der Waals surface area contributed by atoms with Crippen molar-refractivity contribution >= 4 is 5.91 Å². The molecule has 1 amide bonds. The Morgan fingerprint density at radius 2 is 2.06 bits per heavy atom. The number of nitriles is 1. The predicted molar refractivity (Wildman–Crippen MR) is 60.3 cm³/mol. The van der Waals surface area contributed by atoms with Gasteiger partial charge in [0.25, 0.3) is 0 Å². The van der Waals surface area contributed by atoms with Gasteiger partial charge in [-0.05, 0) is 37.0 Å². The second kappa shape index (κ2) is 4.54. The lowest BCUT2D eigenvalue weighted by Crippen LogP contribution is -2.50. The molecule has 0 spiro atoms. The number of amides is 1. The number of hydrogen-bond acceptors (Lipinski definition) is 2. The van der Waals surface area contributed by atoms with E-state index in [-0.39, 0.29) is 23.7 Å². The molecule has 0 unspecified atom stereocenters. The van der Waals surface area contributed by atoms with Gasteiger partial charge in [-0.1, -0.05) is 12.1 Å². The fraction of sp³-hybridized carbons (Fsp3) is 0.385. The van der Waals surface area contributed by atoms with Crippen molar-refractivity contribution in [2.45, 2.75) is 31.2 Å². The summed E-state index contributed by atoms with van der Waals surface area (Å²) in [7, 11) is 0. The van der Waals surface area contributed by atoms with Gasteiger partial charge < -0.3 is 5.32 Å². The van der Waals surface area contributed by atoms with Gasteiger partial charge >= 0.3 is 0 Å². The van der Waals surface area contributed by atoms with E-state index >= 15 is 0 Å². The molecule has 0 radical (unpaired) electrons. The zero-order valence-corrected chi connectivity index (χ0v) is 9.37. The SMILES string of the molecule is N#CCC(=O)NC1(c2ccc(F)cc2)CCC1. The van der Waals surface area contributed by atoms with E-state index in [0.717, 1.165) is 24.8 Å². The van der Waals surface area contributed by atoms with Crippen LogP contribution in [0.3, 0.4) is 0 Å². The van der Waals surface area contributed by atoms with Gasteiger partial charge in [-0.2, -0.15) is 5.26 Å². The molecular weight excluding hydrogens is 219 g/mol. The van der Waals surface area contributed by atoms with Crippen LogP contribution in [0.4, 0.5) is 4.39 Å². The number of carbonyl (C=O) groups is 1. The molecule has 4 heteroatoms. The Bertz CT molecular complexity index is 457. The largest absolute Gasteiger partial charge is 0.346 e. The van der Waals surface area contributed by atoms with Crippen molar-refractivity contribution in [1.82, 2.24) is 5.32 Å². The smallest absolute Gasteiger partial charge is 0.234 e. The molecule has 1 saturated carbocycles. The van der Waals surface area contributed by atoms with Crippen LogP contribution in [0.2, 0.25) is 0 Å². The van der Waals surface area contributed by atoms with Crippen LogP contribution in [0.15, 0.2) is 24.3 Å². The summed E-state index contributed by atoms with van der Waals surface area (Å²) in [5.74, 6) is -0.553. The third-order valence-electron chi connectivity index (χ3n) is 3.22. The summed E-state index contributed by atoms with van der Waals surface area (Å²) in [6, 6.07) is 8.01. The molecule has 1 aromatic rings. The first kappa shape index (κ1) is 11.6. The monoisotopic (exact) mass is 232 g/mol. The summed E-state index contributed by atoms with van der Waals surface area (Å²) in [6.07, 6.45) is 2.58. The number of nitrogens with zero attached hydrogens (tertiary/aromatic N) is 1. The summed E-state index contributed by atoms with van der Waals surface area (Å²) in [5, 5.41) is 11.4. The highest BCUT2D eigenvalue weighted by Gasteiger charge is 2.39. The number of rotatable bonds is 3. The molecule has 1 aliphatic rings. The highest BCUT2D eigenvalue weighted by molar-refractivity contribution is 5.79. The maximum Gasteiger partial charge on any atom is 0.234 e. The van der Waals surface area contributed by atoms with Gasteiger partial charge in [0.05, 0.1) is 11.6 Å². The number of carbonyl (C=O) groups excluding carboxylic acids is 1. The van der Waals surface area contributed by atoms with Crippen molar-refractivity contribution in [3.05, 3.63) is 35.6 Å². The molecule has 1 aromatic carbocycles. The fourth-order valence-electron chi connectivity index (χ4n) is 2.17. The Morgan fingerprint density at radius 3 is 2.53 bits per heavy atom. The van der Waals surface area contributed by atoms with Crippen LogP contribution in [0.25, 0.3) is 0 Å². The Morgan fingerprint density at radius 1 is 1.41 bits per heavy atom. The predicted octanol–water partition coefficient (Wildman–Crippen LogP) is 2.23. The molecule has 0 atom stereocenters. The molecule has 0 saturated heterocycles. The Kier molecular flexibility index (Phi) is 3.10. The van der Waals surface area contributed by atoms with Crippen molar-refractivity contribution < 1.29 is 9.18 Å². The van der Waals surface area contributed by atoms with Crippen LogP contribution in [0, 0.1) is 17.1 Å². The topological polar surface area (TPSA) is 52.9 Å². The van der Waals surface area contributed by atoms with Crippen molar-refractivity contribution in [3.8, 4) is 6.07 Å². The average molecular weight is 232 g/mol. The Labute approximate surface area is 99.2 Å². The van der Waals surface area contributed by atoms with E-state index in [1.165, 1.54) is 12.1 Å². The first-order valence-corrected chi connectivity index (χ1v) is 5.60. The quantitative estimate of drug-likeness (QED) is 0.868. The van der Waals surface area contributed by atoms with Crippen molar-refractivity contribution in [2.75, 3.05) is 0 Å². The van der Waals surface area contributed by atoms with Crippen molar-refractivity contribution in [2.24, 2.45) is 0 Å². The van der Waals surface area contributed by atoms with Gasteiger partial charge in [-0.15, -0.1) is 0 Å². The van der Waals surface area contributed by atoms with Gasteiger partial charge in [0.2, 0.25) is 5.91 Å².